The van der Waals surface area contributed by atoms with Crippen molar-refractivity contribution >= 4 is 63.6 Å². The second-order valence-electron chi connectivity index (χ2n) is 9.97. The maximum absolute atomic E-state index is 13.3. The molecule has 2 aromatic carbocycles. The summed E-state index contributed by atoms with van der Waals surface area (Å²) < 4.78 is 10.4. The van der Waals surface area contributed by atoms with Crippen molar-refractivity contribution in [3.8, 4) is 0 Å². The van der Waals surface area contributed by atoms with E-state index in [1.165, 1.54) is 42.5 Å². The maximum Gasteiger partial charge on any atom is 0.341 e. The van der Waals surface area contributed by atoms with Gasteiger partial charge in [-0.25, -0.2) is 4.79 Å². The zero-order chi connectivity index (χ0) is 30.9. The van der Waals surface area contributed by atoms with E-state index >= 15 is 0 Å². The molecule has 0 aliphatic heterocycles. The molecule has 3 N–H and O–H groups in total. The number of ether oxygens (including phenoxy) is 1. The van der Waals surface area contributed by atoms with Crippen molar-refractivity contribution in [1.29, 1.82) is 0 Å². The maximum atomic E-state index is 13.3. The number of carbonyl (C=O) groups is 4. The first-order valence-electron chi connectivity index (χ1n) is 14.1. The average Bonchev–Trinajstić information content (AvgIpc) is 3.61. The highest BCUT2D eigenvalue weighted by atomic mass is 32.2. The zero-order valence-electron chi connectivity index (χ0n) is 24.0. The van der Waals surface area contributed by atoms with Crippen LogP contribution in [0.25, 0.3) is 6.08 Å². The Hall–Kier alpha value is -4.61. The minimum absolute atomic E-state index is 0.00185. The fourth-order valence-corrected chi connectivity index (χ4v) is 6.83. The Kier molecular flexibility index (Phi) is 10.3. The third kappa shape index (κ3) is 7.86. The molecule has 1 aliphatic carbocycles. The van der Waals surface area contributed by atoms with Gasteiger partial charge in [-0.15, -0.1) is 23.1 Å². The second kappa shape index (κ2) is 14.7. The summed E-state index contributed by atoms with van der Waals surface area (Å²) in [6.45, 7) is 0. The number of methoxy groups -OCH3 is 1. The number of fused-ring (bicyclic) bond motifs is 1. The highest BCUT2D eigenvalue weighted by molar-refractivity contribution is 8.00. The number of furan rings is 1. The highest BCUT2D eigenvalue weighted by Crippen LogP contribution is 2.38. The molecule has 0 unspecified atom stereocenters. The Morgan fingerprint density at radius 3 is 2.55 bits per heavy atom. The van der Waals surface area contributed by atoms with E-state index in [1.807, 2.05) is 6.07 Å². The summed E-state index contributed by atoms with van der Waals surface area (Å²) in [5, 5.41) is 8.93. The Bertz CT molecular complexity index is 1680. The van der Waals surface area contributed by atoms with Crippen molar-refractivity contribution in [1.82, 2.24) is 5.32 Å². The molecule has 0 bridgehead atoms. The Morgan fingerprint density at radius 2 is 1.77 bits per heavy atom. The zero-order valence-corrected chi connectivity index (χ0v) is 25.6. The predicted octanol–water partition coefficient (Wildman–Crippen LogP) is 6.54. The largest absolute Gasteiger partial charge is 0.465 e. The number of benzene rings is 2. The molecule has 4 aromatic rings. The van der Waals surface area contributed by atoms with Gasteiger partial charge >= 0.3 is 5.97 Å². The molecule has 0 spiro atoms. The predicted molar refractivity (Wildman–Crippen MR) is 172 cm³/mol. The molecule has 44 heavy (non-hydrogen) atoms. The fraction of sp³-hybridized carbons (Fsp3) is 0.212. The first-order valence-corrected chi connectivity index (χ1v) is 15.9. The Balaban J connectivity index is 1.24. The molecule has 0 atom stereocenters. The number of anilines is 2. The van der Waals surface area contributed by atoms with E-state index in [4.69, 9.17) is 9.15 Å². The van der Waals surface area contributed by atoms with E-state index in [2.05, 4.69) is 16.0 Å². The van der Waals surface area contributed by atoms with Gasteiger partial charge < -0.3 is 25.1 Å². The lowest BCUT2D eigenvalue weighted by Gasteiger charge is -2.12. The smallest absolute Gasteiger partial charge is 0.341 e. The molecule has 0 radical (unpaired) electrons. The van der Waals surface area contributed by atoms with E-state index in [0.29, 0.717) is 27.6 Å². The van der Waals surface area contributed by atoms with Crippen LogP contribution in [-0.2, 0) is 27.2 Å². The summed E-state index contributed by atoms with van der Waals surface area (Å²) in [5.74, 6) is -1.17. The number of thioether (sulfide) groups is 1. The van der Waals surface area contributed by atoms with Crippen LogP contribution in [0.1, 0.15) is 56.2 Å². The van der Waals surface area contributed by atoms with Gasteiger partial charge in [-0.1, -0.05) is 30.7 Å². The summed E-state index contributed by atoms with van der Waals surface area (Å²) in [4.78, 5) is 53.5. The molecule has 0 saturated heterocycles. The minimum atomic E-state index is -0.543. The molecule has 2 aromatic heterocycles. The number of amides is 3. The van der Waals surface area contributed by atoms with Gasteiger partial charge in [-0.05, 0) is 73.7 Å². The molecule has 0 fully saturated rings. The van der Waals surface area contributed by atoms with E-state index in [1.54, 1.807) is 60.7 Å². The molecule has 226 valence electrons. The van der Waals surface area contributed by atoms with Crippen LogP contribution in [-0.4, -0.2) is 36.6 Å². The molecular formula is C33H31N3O6S2. The van der Waals surface area contributed by atoms with Gasteiger partial charge in [-0.3, -0.25) is 14.4 Å². The molecule has 0 saturated carbocycles. The van der Waals surface area contributed by atoms with E-state index in [9.17, 15) is 19.2 Å². The molecular weight excluding hydrogens is 599 g/mol. The summed E-state index contributed by atoms with van der Waals surface area (Å²) in [5.41, 5.74) is 2.34. The van der Waals surface area contributed by atoms with Crippen LogP contribution in [0.5, 0.6) is 0 Å². The van der Waals surface area contributed by atoms with E-state index in [0.717, 1.165) is 47.4 Å². The van der Waals surface area contributed by atoms with Crippen molar-refractivity contribution in [3.63, 3.8) is 0 Å². The monoisotopic (exact) mass is 629 g/mol. The number of esters is 1. The number of rotatable bonds is 10. The first-order chi connectivity index (χ1) is 21.4. The SMILES string of the molecule is COC(=O)c1c(NC(=O)CSc2cccc(NC(=O)/C(=C/c3ccco3)NC(=O)c3ccccc3)c2)sc2c1CCCCC2. The number of hydrogen-bond donors (Lipinski definition) is 3. The van der Waals surface area contributed by atoms with Gasteiger partial charge in [-0.2, -0.15) is 0 Å². The highest BCUT2D eigenvalue weighted by Gasteiger charge is 2.26. The van der Waals surface area contributed by atoms with Gasteiger partial charge in [0.05, 0.1) is 24.7 Å². The molecule has 11 heteroatoms. The van der Waals surface area contributed by atoms with Crippen LogP contribution < -0.4 is 16.0 Å². The van der Waals surface area contributed by atoms with E-state index in [-0.39, 0.29) is 17.4 Å². The van der Waals surface area contributed by atoms with Gasteiger partial charge in [0.15, 0.2) is 0 Å². The molecule has 2 heterocycles. The molecule has 9 nitrogen and oxygen atoms in total. The lowest BCUT2D eigenvalue weighted by molar-refractivity contribution is -0.114. The number of aryl methyl sites for hydroxylation is 1. The van der Waals surface area contributed by atoms with Crippen molar-refractivity contribution in [3.05, 3.63) is 106 Å². The average molecular weight is 630 g/mol. The van der Waals surface area contributed by atoms with Gasteiger partial charge in [0.25, 0.3) is 11.8 Å². The first kappa shape index (κ1) is 30.8. The van der Waals surface area contributed by atoms with Crippen LogP contribution in [0.2, 0.25) is 0 Å². The number of thiophene rings is 1. The van der Waals surface area contributed by atoms with Crippen LogP contribution >= 0.6 is 23.1 Å². The molecule has 3 amide bonds. The Labute approximate surface area is 263 Å². The quantitative estimate of drug-likeness (QED) is 0.0787. The third-order valence-electron chi connectivity index (χ3n) is 6.88. The summed E-state index contributed by atoms with van der Waals surface area (Å²) >= 11 is 2.75. The fourth-order valence-electron chi connectivity index (χ4n) is 4.78. The Morgan fingerprint density at radius 1 is 0.955 bits per heavy atom. The van der Waals surface area contributed by atoms with Crippen LogP contribution in [0.4, 0.5) is 10.7 Å². The van der Waals surface area contributed by atoms with Crippen molar-refractivity contribution < 1.29 is 28.3 Å². The summed E-state index contributed by atoms with van der Waals surface area (Å²) in [6, 6.07) is 19.0. The topological polar surface area (TPSA) is 127 Å². The molecule has 1 aliphatic rings. The normalized spacial score (nSPS) is 12.9. The van der Waals surface area contributed by atoms with Crippen LogP contribution in [0.15, 0.2) is 88.0 Å². The lowest BCUT2D eigenvalue weighted by Crippen LogP contribution is -2.30. The summed E-state index contributed by atoms with van der Waals surface area (Å²) in [6.07, 6.45) is 7.79. The molecule has 5 rings (SSSR count). The second-order valence-corrected chi connectivity index (χ2v) is 12.1. The van der Waals surface area contributed by atoms with Crippen molar-refractivity contribution in [2.75, 3.05) is 23.5 Å². The van der Waals surface area contributed by atoms with E-state index < -0.39 is 17.8 Å². The number of hydrogen-bond acceptors (Lipinski definition) is 8. The van der Waals surface area contributed by atoms with Crippen LogP contribution in [0, 0.1) is 0 Å². The summed E-state index contributed by atoms with van der Waals surface area (Å²) in [7, 11) is 1.35. The van der Waals surface area contributed by atoms with Crippen molar-refractivity contribution in [2.24, 2.45) is 0 Å². The van der Waals surface area contributed by atoms with Crippen LogP contribution in [0.3, 0.4) is 0 Å². The third-order valence-corrected chi connectivity index (χ3v) is 9.09. The lowest BCUT2D eigenvalue weighted by atomic mass is 10.1. The standard InChI is InChI=1S/C33H31N3O6S2/c1-41-33(40)29-25-15-6-3-7-16-27(25)44-32(29)36-28(37)20-43-24-14-8-12-22(18-24)34-31(39)26(19-23-13-9-17-42-23)35-30(38)21-10-4-2-5-11-21/h2,4-5,8-14,17-19H,3,6-7,15-16,20H2,1H3,(H,34,39)(H,35,38)(H,36,37)/b26-19-. The van der Waals surface area contributed by atoms with Gasteiger partial charge in [0.2, 0.25) is 5.91 Å². The minimum Gasteiger partial charge on any atom is -0.465 e. The number of nitrogens with one attached hydrogen (secondary N) is 3. The van der Waals surface area contributed by atoms with Gasteiger partial charge in [0, 0.05) is 27.1 Å². The van der Waals surface area contributed by atoms with Crippen molar-refractivity contribution in [2.45, 2.75) is 37.0 Å². The number of carbonyl (C=O) groups excluding carboxylic acids is 4. The van der Waals surface area contributed by atoms with Gasteiger partial charge in [0.1, 0.15) is 16.5 Å².